The van der Waals surface area contributed by atoms with Crippen molar-refractivity contribution in [1.82, 2.24) is 19.7 Å². The van der Waals surface area contributed by atoms with Gasteiger partial charge in [0.05, 0.1) is 12.3 Å². The van der Waals surface area contributed by atoms with Crippen LogP contribution in [0.15, 0.2) is 30.7 Å². The van der Waals surface area contributed by atoms with Gasteiger partial charge in [0.25, 0.3) is 0 Å². The number of aryl methyl sites for hydroxylation is 1. The Morgan fingerprint density at radius 2 is 2.27 bits per heavy atom. The standard InChI is InChI=1S/C17H24N4O/c1-3-21-12-15-10-20(9-14-6-5-7-18-8-14)11-16(13-22-4-2)17(15)19-21/h5-8,12,16H,3-4,9-11,13H2,1-2H3. The summed E-state index contributed by atoms with van der Waals surface area (Å²) in [5, 5.41) is 4.74. The van der Waals surface area contributed by atoms with Crippen LogP contribution in [0.25, 0.3) is 0 Å². The van der Waals surface area contributed by atoms with E-state index in [9.17, 15) is 0 Å². The number of rotatable bonds is 6. The van der Waals surface area contributed by atoms with E-state index >= 15 is 0 Å². The fraction of sp³-hybridized carbons (Fsp3) is 0.529. The maximum Gasteiger partial charge on any atom is 0.0736 e. The lowest BCUT2D eigenvalue weighted by Gasteiger charge is -2.31. The Bertz CT molecular complexity index is 596. The largest absolute Gasteiger partial charge is 0.381 e. The van der Waals surface area contributed by atoms with Crippen molar-refractivity contribution in [3.05, 3.63) is 47.5 Å². The van der Waals surface area contributed by atoms with Gasteiger partial charge in [-0.05, 0) is 25.5 Å². The molecule has 1 unspecified atom stereocenters. The fourth-order valence-corrected chi connectivity index (χ4v) is 3.07. The summed E-state index contributed by atoms with van der Waals surface area (Å²) in [5.41, 5.74) is 3.81. The van der Waals surface area contributed by atoms with Crippen molar-refractivity contribution < 1.29 is 4.74 Å². The lowest BCUT2D eigenvalue weighted by molar-refractivity contribution is 0.104. The second-order valence-corrected chi connectivity index (χ2v) is 5.78. The molecule has 1 aliphatic rings. The first-order valence-electron chi connectivity index (χ1n) is 8.05. The molecular weight excluding hydrogens is 276 g/mol. The van der Waals surface area contributed by atoms with Crippen LogP contribution in [0, 0.1) is 0 Å². The number of nitrogens with zero attached hydrogens (tertiary/aromatic N) is 4. The third-order valence-electron chi connectivity index (χ3n) is 4.11. The van der Waals surface area contributed by atoms with Crippen molar-refractivity contribution >= 4 is 0 Å². The Kier molecular flexibility index (Phi) is 4.85. The molecule has 0 amide bonds. The van der Waals surface area contributed by atoms with Gasteiger partial charge in [-0.1, -0.05) is 6.07 Å². The number of fused-ring (bicyclic) bond motifs is 1. The number of aromatic nitrogens is 3. The number of hydrogen-bond donors (Lipinski definition) is 0. The van der Waals surface area contributed by atoms with Crippen molar-refractivity contribution in [2.24, 2.45) is 0 Å². The Morgan fingerprint density at radius 3 is 3.00 bits per heavy atom. The molecule has 3 rings (SSSR count). The van der Waals surface area contributed by atoms with Crippen LogP contribution in [-0.2, 0) is 24.4 Å². The first kappa shape index (κ1) is 15.2. The van der Waals surface area contributed by atoms with Gasteiger partial charge in [0.2, 0.25) is 0 Å². The molecule has 1 aliphatic heterocycles. The highest BCUT2D eigenvalue weighted by atomic mass is 16.5. The van der Waals surface area contributed by atoms with Gasteiger partial charge < -0.3 is 4.74 Å². The number of ether oxygens (including phenoxy) is 1. The van der Waals surface area contributed by atoms with E-state index in [4.69, 9.17) is 9.84 Å². The topological polar surface area (TPSA) is 43.2 Å². The quantitative estimate of drug-likeness (QED) is 0.822. The van der Waals surface area contributed by atoms with Gasteiger partial charge in [0, 0.05) is 62.9 Å². The zero-order chi connectivity index (χ0) is 15.4. The average Bonchev–Trinajstić information content (AvgIpc) is 2.97. The van der Waals surface area contributed by atoms with Crippen LogP contribution in [0.4, 0.5) is 0 Å². The number of pyridine rings is 1. The van der Waals surface area contributed by atoms with E-state index in [1.54, 1.807) is 0 Å². The normalized spacial score (nSPS) is 18.4. The number of hydrogen-bond acceptors (Lipinski definition) is 4. The maximum atomic E-state index is 5.68. The molecule has 0 saturated carbocycles. The molecule has 0 radical (unpaired) electrons. The molecule has 5 nitrogen and oxygen atoms in total. The molecule has 22 heavy (non-hydrogen) atoms. The van der Waals surface area contributed by atoms with Crippen molar-refractivity contribution in [2.45, 2.75) is 39.4 Å². The molecule has 118 valence electrons. The minimum Gasteiger partial charge on any atom is -0.381 e. The Balaban J connectivity index is 1.77. The second kappa shape index (κ2) is 7.03. The van der Waals surface area contributed by atoms with Crippen LogP contribution in [0.3, 0.4) is 0 Å². The van der Waals surface area contributed by atoms with Gasteiger partial charge >= 0.3 is 0 Å². The predicted molar refractivity (Wildman–Crippen MR) is 85.5 cm³/mol. The van der Waals surface area contributed by atoms with Crippen LogP contribution in [0.5, 0.6) is 0 Å². The van der Waals surface area contributed by atoms with Crippen molar-refractivity contribution in [3.63, 3.8) is 0 Å². The lowest BCUT2D eigenvalue weighted by atomic mass is 9.97. The van der Waals surface area contributed by atoms with Crippen molar-refractivity contribution in [3.8, 4) is 0 Å². The van der Waals surface area contributed by atoms with Crippen LogP contribution < -0.4 is 0 Å². The molecule has 0 saturated heterocycles. The van der Waals surface area contributed by atoms with E-state index in [1.807, 2.05) is 30.1 Å². The maximum absolute atomic E-state index is 5.68. The third-order valence-corrected chi connectivity index (χ3v) is 4.11. The molecule has 5 heteroatoms. The van der Waals surface area contributed by atoms with E-state index in [-0.39, 0.29) is 0 Å². The predicted octanol–water partition coefficient (Wildman–Crippen LogP) is 2.43. The Morgan fingerprint density at radius 1 is 1.36 bits per heavy atom. The van der Waals surface area contributed by atoms with Crippen LogP contribution in [-0.4, -0.2) is 39.4 Å². The third kappa shape index (κ3) is 3.36. The van der Waals surface area contributed by atoms with E-state index in [0.717, 1.165) is 39.4 Å². The van der Waals surface area contributed by atoms with Crippen LogP contribution in [0.2, 0.25) is 0 Å². The molecule has 0 aromatic carbocycles. The molecule has 0 N–H and O–H groups in total. The average molecular weight is 300 g/mol. The Labute approximate surface area is 131 Å². The first-order valence-corrected chi connectivity index (χ1v) is 8.05. The van der Waals surface area contributed by atoms with Gasteiger partial charge in [-0.15, -0.1) is 0 Å². The minimum absolute atomic E-state index is 0.355. The summed E-state index contributed by atoms with van der Waals surface area (Å²) < 4.78 is 7.72. The molecule has 2 aromatic heterocycles. The summed E-state index contributed by atoms with van der Waals surface area (Å²) >= 11 is 0. The SMILES string of the molecule is CCOCC1CN(Cc2cccnc2)Cc2cn(CC)nc21. The van der Waals surface area contributed by atoms with E-state index in [0.29, 0.717) is 5.92 Å². The summed E-state index contributed by atoms with van der Waals surface area (Å²) in [7, 11) is 0. The van der Waals surface area contributed by atoms with Gasteiger partial charge in [0.1, 0.15) is 0 Å². The summed E-state index contributed by atoms with van der Waals surface area (Å²) in [5.74, 6) is 0.355. The molecule has 0 aliphatic carbocycles. The Hall–Kier alpha value is -1.72. The van der Waals surface area contributed by atoms with E-state index < -0.39 is 0 Å². The monoisotopic (exact) mass is 300 g/mol. The van der Waals surface area contributed by atoms with E-state index in [2.05, 4.69) is 29.1 Å². The van der Waals surface area contributed by atoms with Gasteiger partial charge in [-0.25, -0.2) is 0 Å². The summed E-state index contributed by atoms with van der Waals surface area (Å²) in [4.78, 5) is 6.68. The zero-order valence-electron chi connectivity index (χ0n) is 13.4. The molecule has 0 bridgehead atoms. The van der Waals surface area contributed by atoms with Crippen LogP contribution >= 0.6 is 0 Å². The zero-order valence-corrected chi connectivity index (χ0v) is 13.4. The summed E-state index contributed by atoms with van der Waals surface area (Å²) in [6.45, 7) is 9.45. The second-order valence-electron chi connectivity index (χ2n) is 5.78. The smallest absolute Gasteiger partial charge is 0.0736 e. The highest BCUT2D eigenvalue weighted by Crippen LogP contribution is 2.28. The van der Waals surface area contributed by atoms with Gasteiger partial charge in [-0.3, -0.25) is 14.6 Å². The minimum atomic E-state index is 0.355. The highest BCUT2D eigenvalue weighted by Gasteiger charge is 2.28. The highest BCUT2D eigenvalue weighted by molar-refractivity contribution is 5.25. The van der Waals surface area contributed by atoms with E-state index in [1.165, 1.54) is 16.8 Å². The fourth-order valence-electron chi connectivity index (χ4n) is 3.07. The molecule has 2 aromatic rings. The molecule has 0 spiro atoms. The molecule has 3 heterocycles. The van der Waals surface area contributed by atoms with Crippen molar-refractivity contribution in [1.29, 1.82) is 0 Å². The molecule has 1 atom stereocenters. The van der Waals surface area contributed by atoms with Gasteiger partial charge in [-0.2, -0.15) is 5.10 Å². The van der Waals surface area contributed by atoms with Crippen LogP contribution in [0.1, 0.15) is 36.6 Å². The summed E-state index contributed by atoms with van der Waals surface area (Å²) in [6.07, 6.45) is 5.95. The summed E-state index contributed by atoms with van der Waals surface area (Å²) in [6, 6.07) is 4.13. The molecular formula is C17H24N4O. The van der Waals surface area contributed by atoms with Crippen molar-refractivity contribution in [2.75, 3.05) is 19.8 Å². The first-order chi connectivity index (χ1) is 10.8. The lowest BCUT2D eigenvalue weighted by Crippen LogP contribution is -2.34. The van der Waals surface area contributed by atoms with Gasteiger partial charge in [0.15, 0.2) is 0 Å². The molecule has 0 fully saturated rings.